The average Bonchev–Trinajstić information content (AvgIpc) is 2.21. The molecule has 104 valence electrons. The van der Waals surface area contributed by atoms with Crippen molar-refractivity contribution in [3.8, 4) is 0 Å². The molecule has 0 aromatic heterocycles. The monoisotopic (exact) mass is 252 g/mol. The normalized spacial score (nSPS) is 12.9. The van der Waals surface area contributed by atoms with E-state index in [1.54, 1.807) is 6.08 Å². The average molecular weight is 252 g/mol. The van der Waals surface area contributed by atoms with Crippen LogP contribution in [0.3, 0.4) is 0 Å². The first kappa shape index (κ1) is 16.9. The van der Waals surface area contributed by atoms with Gasteiger partial charge in [-0.05, 0) is 30.6 Å². The summed E-state index contributed by atoms with van der Waals surface area (Å²) in [5, 5.41) is 8.42. The van der Waals surface area contributed by atoms with Crippen LogP contribution in [0.15, 0.2) is 24.3 Å². The molecule has 0 spiro atoms. The second kappa shape index (κ2) is 8.96. The molecule has 2 heteroatoms. The molecule has 0 rings (SSSR count). The summed E-state index contributed by atoms with van der Waals surface area (Å²) in [4.78, 5) is 10.2. The lowest BCUT2D eigenvalue weighted by atomic mass is 9.82. The third kappa shape index (κ3) is 11.4. The number of hydrogen-bond acceptors (Lipinski definition) is 1. The summed E-state index contributed by atoms with van der Waals surface area (Å²) in [5.41, 5.74) is 0.385. The highest BCUT2D eigenvalue weighted by molar-refractivity contribution is 5.80. The molecule has 0 saturated carbocycles. The topological polar surface area (TPSA) is 37.3 Å². The molecule has 0 amide bonds. The maximum Gasteiger partial charge on any atom is 0.328 e. The van der Waals surface area contributed by atoms with Crippen LogP contribution in [0.5, 0.6) is 0 Å². The lowest BCUT2D eigenvalue weighted by Gasteiger charge is -2.24. The van der Waals surface area contributed by atoms with Crippen molar-refractivity contribution in [3.63, 3.8) is 0 Å². The van der Waals surface area contributed by atoms with Crippen molar-refractivity contribution in [2.75, 3.05) is 0 Å². The van der Waals surface area contributed by atoms with E-state index in [9.17, 15) is 4.79 Å². The summed E-state index contributed by atoms with van der Waals surface area (Å²) in [5.74, 6) is -0.101. The predicted molar refractivity (Wildman–Crippen MR) is 77.6 cm³/mol. The predicted octanol–water partition coefficient (Wildman–Crippen LogP) is 4.82. The van der Waals surface area contributed by atoms with Crippen molar-refractivity contribution in [1.29, 1.82) is 0 Å². The molecule has 0 aliphatic carbocycles. The Morgan fingerprint density at radius 3 is 2.44 bits per heavy atom. The van der Waals surface area contributed by atoms with Gasteiger partial charge < -0.3 is 5.11 Å². The summed E-state index contributed by atoms with van der Waals surface area (Å²) in [6, 6.07) is 0. The SMILES string of the molecule is CC(C)CCCC(C)(C)CC/C=C/C=C/C(=O)O. The number of allylic oxidation sites excluding steroid dienone is 3. The Labute approximate surface area is 112 Å². The van der Waals surface area contributed by atoms with E-state index in [-0.39, 0.29) is 0 Å². The zero-order valence-electron chi connectivity index (χ0n) is 12.3. The van der Waals surface area contributed by atoms with Crippen LogP contribution in [0.25, 0.3) is 0 Å². The van der Waals surface area contributed by atoms with Gasteiger partial charge in [-0.15, -0.1) is 0 Å². The first-order chi connectivity index (χ1) is 8.33. The van der Waals surface area contributed by atoms with E-state index < -0.39 is 5.97 Å². The van der Waals surface area contributed by atoms with Gasteiger partial charge in [0.25, 0.3) is 0 Å². The van der Waals surface area contributed by atoms with E-state index in [2.05, 4.69) is 27.7 Å². The molecule has 0 bridgehead atoms. The maximum absolute atomic E-state index is 10.2. The minimum absolute atomic E-state index is 0.385. The fraction of sp³-hybridized carbons (Fsp3) is 0.688. The molecule has 0 fully saturated rings. The van der Waals surface area contributed by atoms with Gasteiger partial charge in [0.05, 0.1) is 0 Å². The minimum Gasteiger partial charge on any atom is -0.478 e. The minimum atomic E-state index is -0.895. The lowest BCUT2D eigenvalue weighted by Crippen LogP contribution is -2.11. The van der Waals surface area contributed by atoms with E-state index in [4.69, 9.17) is 5.11 Å². The Bertz CT molecular complexity index is 285. The Morgan fingerprint density at radius 2 is 1.89 bits per heavy atom. The number of carboxylic acids is 1. The van der Waals surface area contributed by atoms with Gasteiger partial charge >= 0.3 is 5.97 Å². The summed E-state index contributed by atoms with van der Waals surface area (Å²) in [6.45, 7) is 9.16. The lowest BCUT2D eigenvalue weighted by molar-refractivity contribution is -0.131. The Balaban J connectivity index is 3.79. The number of hydrogen-bond donors (Lipinski definition) is 1. The van der Waals surface area contributed by atoms with E-state index >= 15 is 0 Å². The molecule has 0 aromatic carbocycles. The van der Waals surface area contributed by atoms with Crippen molar-refractivity contribution < 1.29 is 9.90 Å². The number of rotatable bonds is 9. The summed E-state index contributed by atoms with van der Waals surface area (Å²) in [7, 11) is 0. The molecular formula is C16H28O2. The van der Waals surface area contributed by atoms with E-state index in [0.29, 0.717) is 5.41 Å². The number of carboxylic acid groups (broad SMARTS) is 1. The molecule has 0 aliphatic heterocycles. The fourth-order valence-electron chi connectivity index (χ4n) is 1.90. The van der Waals surface area contributed by atoms with Crippen LogP contribution >= 0.6 is 0 Å². The largest absolute Gasteiger partial charge is 0.478 e. The third-order valence-electron chi connectivity index (χ3n) is 3.11. The van der Waals surface area contributed by atoms with Gasteiger partial charge in [0, 0.05) is 6.08 Å². The van der Waals surface area contributed by atoms with Crippen molar-refractivity contribution in [3.05, 3.63) is 24.3 Å². The van der Waals surface area contributed by atoms with Gasteiger partial charge in [0.1, 0.15) is 0 Å². The molecule has 1 N–H and O–H groups in total. The highest BCUT2D eigenvalue weighted by Crippen LogP contribution is 2.29. The molecule has 0 aromatic rings. The van der Waals surface area contributed by atoms with Crippen LogP contribution in [-0.4, -0.2) is 11.1 Å². The van der Waals surface area contributed by atoms with Gasteiger partial charge in [-0.25, -0.2) is 4.79 Å². The van der Waals surface area contributed by atoms with E-state index in [0.717, 1.165) is 24.8 Å². The van der Waals surface area contributed by atoms with Crippen LogP contribution in [-0.2, 0) is 4.79 Å². The Morgan fingerprint density at radius 1 is 1.22 bits per heavy atom. The Kier molecular flexibility index (Phi) is 8.43. The third-order valence-corrected chi connectivity index (χ3v) is 3.11. The van der Waals surface area contributed by atoms with Crippen LogP contribution in [0.1, 0.15) is 59.8 Å². The first-order valence-electron chi connectivity index (χ1n) is 6.89. The zero-order chi connectivity index (χ0) is 14.0. The van der Waals surface area contributed by atoms with Crippen molar-refractivity contribution in [2.45, 2.75) is 59.8 Å². The van der Waals surface area contributed by atoms with Gasteiger partial charge in [-0.3, -0.25) is 0 Å². The van der Waals surface area contributed by atoms with Crippen LogP contribution in [0.4, 0.5) is 0 Å². The summed E-state index contributed by atoms with van der Waals surface area (Å²) in [6.07, 6.45) is 12.6. The van der Waals surface area contributed by atoms with Crippen molar-refractivity contribution >= 4 is 5.97 Å². The molecule has 0 unspecified atom stereocenters. The number of aliphatic carboxylic acids is 1. The van der Waals surface area contributed by atoms with Gasteiger partial charge in [0.2, 0.25) is 0 Å². The van der Waals surface area contributed by atoms with Crippen LogP contribution in [0, 0.1) is 11.3 Å². The zero-order valence-corrected chi connectivity index (χ0v) is 12.3. The highest BCUT2D eigenvalue weighted by atomic mass is 16.4. The summed E-state index contributed by atoms with van der Waals surface area (Å²) < 4.78 is 0. The molecule has 0 radical (unpaired) electrons. The molecule has 0 saturated heterocycles. The van der Waals surface area contributed by atoms with Gasteiger partial charge in [-0.2, -0.15) is 0 Å². The second-order valence-electron chi connectivity index (χ2n) is 6.11. The molecule has 18 heavy (non-hydrogen) atoms. The number of carbonyl (C=O) groups is 1. The van der Waals surface area contributed by atoms with Crippen molar-refractivity contribution in [2.24, 2.45) is 11.3 Å². The fourth-order valence-corrected chi connectivity index (χ4v) is 1.90. The maximum atomic E-state index is 10.2. The van der Waals surface area contributed by atoms with Gasteiger partial charge in [0.15, 0.2) is 0 Å². The molecule has 0 heterocycles. The summed E-state index contributed by atoms with van der Waals surface area (Å²) >= 11 is 0. The second-order valence-corrected chi connectivity index (χ2v) is 6.11. The van der Waals surface area contributed by atoms with Gasteiger partial charge in [-0.1, -0.05) is 58.8 Å². The molecule has 0 atom stereocenters. The van der Waals surface area contributed by atoms with Crippen molar-refractivity contribution in [1.82, 2.24) is 0 Å². The van der Waals surface area contributed by atoms with Crippen LogP contribution in [0.2, 0.25) is 0 Å². The molecule has 2 nitrogen and oxygen atoms in total. The first-order valence-corrected chi connectivity index (χ1v) is 6.89. The van der Waals surface area contributed by atoms with Crippen LogP contribution < -0.4 is 0 Å². The highest BCUT2D eigenvalue weighted by Gasteiger charge is 2.16. The standard InChI is InChI=1S/C16H28O2/c1-14(2)10-9-13-16(3,4)12-8-6-5-7-11-15(17)18/h5-7,11,14H,8-10,12-13H2,1-4H3,(H,17,18)/b6-5+,11-7+. The molecule has 0 aliphatic rings. The Hall–Kier alpha value is -1.05. The quantitative estimate of drug-likeness (QED) is 0.472. The van der Waals surface area contributed by atoms with E-state index in [1.165, 1.54) is 19.3 Å². The van der Waals surface area contributed by atoms with E-state index in [1.807, 2.05) is 12.2 Å². The smallest absolute Gasteiger partial charge is 0.328 e. The molecular weight excluding hydrogens is 224 g/mol.